The molecule has 0 spiro atoms. The van der Waals surface area contributed by atoms with Crippen molar-refractivity contribution in [2.75, 3.05) is 19.4 Å². The Labute approximate surface area is 69.3 Å². The molecule has 0 aliphatic carbocycles. The molecule has 0 heterocycles. The predicted molar refractivity (Wildman–Crippen MR) is 40.0 cm³/mol. The molecule has 0 fully saturated rings. The van der Waals surface area contributed by atoms with Crippen molar-refractivity contribution in [3.63, 3.8) is 0 Å². The second-order valence-corrected chi connectivity index (χ2v) is 3.95. The van der Waals surface area contributed by atoms with E-state index in [2.05, 4.69) is 4.52 Å². The van der Waals surface area contributed by atoms with E-state index < -0.39 is 19.7 Å². The van der Waals surface area contributed by atoms with Gasteiger partial charge in [-0.05, 0) is 6.42 Å². The molecule has 7 heteroatoms. The number of rotatable bonds is 6. The summed E-state index contributed by atoms with van der Waals surface area (Å²) in [5.41, 5.74) is 0. The Morgan fingerprint density at radius 1 is 1.50 bits per heavy atom. The van der Waals surface area contributed by atoms with Crippen LogP contribution in [0.4, 0.5) is 0 Å². The highest BCUT2D eigenvalue weighted by molar-refractivity contribution is 7.53. The summed E-state index contributed by atoms with van der Waals surface area (Å²) in [5.74, 6) is -1.38. The van der Waals surface area contributed by atoms with Crippen LogP contribution >= 0.6 is 7.60 Å². The largest absolute Gasteiger partial charge is 0.481 e. The second-order valence-electron chi connectivity index (χ2n) is 2.10. The monoisotopic (exact) mass is 198 g/mol. The van der Waals surface area contributed by atoms with E-state index in [1.54, 1.807) is 0 Å². The lowest BCUT2D eigenvalue weighted by Gasteiger charge is -2.08. The van der Waals surface area contributed by atoms with Gasteiger partial charge in [0.1, 0.15) is 6.16 Å². The average molecular weight is 198 g/mol. The van der Waals surface area contributed by atoms with Crippen LogP contribution in [0.15, 0.2) is 0 Å². The van der Waals surface area contributed by atoms with Crippen molar-refractivity contribution >= 4 is 13.6 Å². The maximum atomic E-state index is 10.8. The minimum absolute atomic E-state index is 0.114. The molecule has 6 nitrogen and oxygen atoms in total. The molecule has 0 bridgehead atoms. The average Bonchev–Trinajstić information content (AvgIpc) is 1.84. The van der Waals surface area contributed by atoms with Crippen LogP contribution in [-0.4, -0.2) is 40.5 Å². The minimum Gasteiger partial charge on any atom is -0.481 e. The summed E-state index contributed by atoms with van der Waals surface area (Å²) in [4.78, 5) is 18.8. The van der Waals surface area contributed by atoms with Gasteiger partial charge in [0.25, 0.3) is 0 Å². The number of aliphatic hydroxyl groups excluding tert-OH is 1. The van der Waals surface area contributed by atoms with Gasteiger partial charge in [0, 0.05) is 6.61 Å². The molecule has 0 aliphatic rings. The van der Waals surface area contributed by atoms with Crippen LogP contribution in [0.2, 0.25) is 0 Å². The van der Waals surface area contributed by atoms with E-state index in [-0.39, 0.29) is 19.6 Å². The van der Waals surface area contributed by atoms with Gasteiger partial charge in [-0.25, -0.2) is 0 Å². The fourth-order valence-corrected chi connectivity index (χ4v) is 1.34. The van der Waals surface area contributed by atoms with E-state index in [4.69, 9.17) is 15.1 Å². The topological polar surface area (TPSA) is 104 Å². The Hall–Kier alpha value is -0.420. The van der Waals surface area contributed by atoms with Gasteiger partial charge in [0.05, 0.1) is 6.61 Å². The molecular formula is C5H11O6P. The molecule has 0 radical (unpaired) electrons. The van der Waals surface area contributed by atoms with Crippen LogP contribution < -0.4 is 0 Å². The van der Waals surface area contributed by atoms with Crippen molar-refractivity contribution in [1.82, 2.24) is 0 Å². The lowest BCUT2D eigenvalue weighted by molar-refractivity contribution is -0.134. The van der Waals surface area contributed by atoms with Crippen molar-refractivity contribution in [3.05, 3.63) is 0 Å². The van der Waals surface area contributed by atoms with E-state index >= 15 is 0 Å². The third-order valence-corrected chi connectivity index (χ3v) is 2.19. The fraction of sp³-hybridized carbons (Fsp3) is 0.800. The summed E-state index contributed by atoms with van der Waals surface area (Å²) < 4.78 is 15.1. The summed E-state index contributed by atoms with van der Waals surface area (Å²) in [5, 5.41) is 16.4. The summed E-state index contributed by atoms with van der Waals surface area (Å²) >= 11 is 0. The SMILES string of the molecule is O=C(O)CP(=O)(O)OCCCO. The van der Waals surface area contributed by atoms with Gasteiger partial charge in [-0.1, -0.05) is 0 Å². The lowest BCUT2D eigenvalue weighted by atomic mass is 10.5. The van der Waals surface area contributed by atoms with E-state index in [1.165, 1.54) is 0 Å². The maximum Gasteiger partial charge on any atom is 0.339 e. The molecule has 0 saturated carbocycles. The quantitative estimate of drug-likeness (QED) is 0.398. The van der Waals surface area contributed by atoms with Crippen LogP contribution in [-0.2, 0) is 13.9 Å². The third-order valence-electron chi connectivity index (χ3n) is 0.931. The molecule has 0 aromatic heterocycles. The zero-order valence-electron chi connectivity index (χ0n) is 6.34. The summed E-state index contributed by atoms with van der Waals surface area (Å²) in [6, 6.07) is 0. The predicted octanol–water partition coefficient (Wildman–Crippen LogP) is -0.345. The van der Waals surface area contributed by atoms with Crippen LogP contribution in [0, 0.1) is 0 Å². The van der Waals surface area contributed by atoms with Crippen LogP contribution in [0.1, 0.15) is 6.42 Å². The van der Waals surface area contributed by atoms with Crippen LogP contribution in [0.3, 0.4) is 0 Å². The van der Waals surface area contributed by atoms with Gasteiger partial charge in [0.15, 0.2) is 0 Å². The van der Waals surface area contributed by atoms with Crippen LogP contribution in [0.25, 0.3) is 0 Å². The van der Waals surface area contributed by atoms with Crippen molar-refractivity contribution in [2.24, 2.45) is 0 Å². The molecule has 0 amide bonds. The molecule has 0 aromatic carbocycles. The Bertz CT molecular complexity index is 190. The van der Waals surface area contributed by atoms with E-state index in [1.807, 2.05) is 0 Å². The van der Waals surface area contributed by atoms with Gasteiger partial charge in [-0.2, -0.15) is 0 Å². The van der Waals surface area contributed by atoms with Gasteiger partial charge < -0.3 is 19.6 Å². The van der Waals surface area contributed by atoms with Crippen LogP contribution in [0.5, 0.6) is 0 Å². The highest BCUT2D eigenvalue weighted by Crippen LogP contribution is 2.41. The second kappa shape index (κ2) is 5.27. The van der Waals surface area contributed by atoms with Gasteiger partial charge in [-0.15, -0.1) is 0 Å². The standard InChI is InChI=1S/C5H11O6P/c6-2-1-3-11-12(9,10)4-5(7)8/h6H,1-4H2,(H,7,8)(H,9,10). The first kappa shape index (κ1) is 11.6. The third kappa shape index (κ3) is 6.30. The molecular weight excluding hydrogens is 187 g/mol. The number of aliphatic carboxylic acids is 1. The first-order valence-corrected chi connectivity index (χ1v) is 5.03. The molecule has 0 rings (SSSR count). The Balaban J connectivity index is 3.72. The number of carboxylic acid groups (broad SMARTS) is 1. The van der Waals surface area contributed by atoms with Crippen molar-refractivity contribution in [3.8, 4) is 0 Å². The first-order chi connectivity index (χ1) is 5.48. The van der Waals surface area contributed by atoms with Crippen molar-refractivity contribution in [1.29, 1.82) is 0 Å². The molecule has 72 valence electrons. The molecule has 3 N–H and O–H groups in total. The maximum absolute atomic E-state index is 10.8. The Morgan fingerprint density at radius 3 is 2.50 bits per heavy atom. The van der Waals surface area contributed by atoms with Gasteiger partial charge >= 0.3 is 13.6 Å². The first-order valence-electron chi connectivity index (χ1n) is 3.27. The smallest absolute Gasteiger partial charge is 0.339 e. The molecule has 0 aromatic rings. The summed E-state index contributed by atoms with van der Waals surface area (Å²) in [6.45, 7) is -0.273. The molecule has 12 heavy (non-hydrogen) atoms. The van der Waals surface area contributed by atoms with Gasteiger partial charge in [0.2, 0.25) is 0 Å². The molecule has 0 saturated heterocycles. The number of carbonyl (C=O) groups is 1. The minimum atomic E-state index is -3.99. The van der Waals surface area contributed by atoms with E-state index in [9.17, 15) is 9.36 Å². The summed E-state index contributed by atoms with van der Waals surface area (Å²) in [7, 11) is -3.99. The van der Waals surface area contributed by atoms with E-state index in [0.717, 1.165) is 0 Å². The highest BCUT2D eigenvalue weighted by Gasteiger charge is 2.22. The fourth-order valence-electron chi connectivity index (χ4n) is 0.488. The highest BCUT2D eigenvalue weighted by atomic mass is 31.2. The molecule has 1 unspecified atom stereocenters. The zero-order valence-corrected chi connectivity index (χ0v) is 7.24. The molecule has 1 atom stereocenters. The van der Waals surface area contributed by atoms with Gasteiger partial charge in [-0.3, -0.25) is 9.36 Å². The Kier molecular flexibility index (Phi) is 5.08. The number of carboxylic acids is 1. The normalized spacial score (nSPS) is 15.5. The number of hydrogen-bond acceptors (Lipinski definition) is 4. The lowest BCUT2D eigenvalue weighted by Crippen LogP contribution is -2.06. The van der Waals surface area contributed by atoms with Crippen molar-refractivity contribution < 1.29 is 29.0 Å². The van der Waals surface area contributed by atoms with E-state index in [0.29, 0.717) is 0 Å². The number of hydrogen-bond donors (Lipinski definition) is 3. The zero-order chi connectivity index (χ0) is 9.61. The van der Waals surface area contributed by atoms with Crippen molar-refractivity contribution in [2.45, 2.75) is 6.42 Å². The Morgan fingerprint density at radius 2 is 2.08 bits per heavy atom. The summed E-state index contributed by atoms with van der Waals surface area (Å²) in [6.07, 6.45) is -0.692. The molecule has 0 aliphatic heterocycles. The number of aliphatic hydroxyl groups is 1.